The van der Waals surface area contributed by atoms with Gasteiger partial charge in [-0.3, -0.25) is 4.79 Å². The van der Waals surface area contributed by atoms with E-state index >= 15 is 4.79 Å². The quantitative estimate of drug-likeness (QED) is 0.0568. The highest BCUT2D eigenvalue weighted by Crippen LogP contribution is 2.73. The van der Waals surface area contributed by atoms with Crippen molar-refractivity contribution in [2.75, 3.05) is 6.61 Å². The normalized spacial score (nSPS) is 15.0. The molecule has 108 heavy (non-hydrogen) atoms. The summed E-state index contributed by atoms with van der Waals surface area (Å²) in [5.41, 5.74) is 1.16. The second kappa shape index (κ2) is 47.8. The summed E-state index contributed by atoms with van der Waals surface area (Å²) < 4.78 is 6.92. The molecule has 0 amide bonds. The number of rotatable bonds is 69. The summed E-state index contributed by atoms with van der Waals surface area (Å²) in [6, 6.07) is 0. The van der Waals surface area contributed by atoms with E-state index in [1.807, 2.05) is 0 Å². The number of esters is 1. The van der Waals surface area contributed by atoms with Crippen molar-refractivity contribution < 1.29 is 9.53 Å². The van der Waals surface area contributed by atoms with Gasteiger partial charge in [0.15, 0.2) is 0 Å². The summed E-state index contributed by atoms with van der Waals surface area (Å²) in [6.07, 6.45) is 63.3. The lowest BCUT2D eigenvalue weighted by Crippen LogP contribution is -2.53. The summed E-state index contributed by atoms with van der Waals surface area (Å²) in [4.78, 5) is 16.8. The Balaban J connectivity index is 13.5. The molecular formula is C106H212O2. The highest BCUT2D eigenvalue weighted by Gasteiger charge is 2.62. The first-order valence-corrected chi connectivity index (χ1v) is 50.0. The fraction of sp³-hybridized carbons (Fsp3) is 0.991. The number of carbonyl (C=O) groups excluding carboxylic acids is 1. The fourth-order valence-corrected chi connectivity index (χ4v) is 28.0. The molecule has 2 nitrogen and oxygen atoms in total. The van der Waals surface area contributed by atoms with Gasteiger partial charge < -0.3 is 4.74 Å². The van der Waals surface area contributed by atoms with Crippen molar-refractivity contribution in [3.05, 3.63) is 0 Å². The van der Waals surface area contributed by atoms with Gasteiger partial charge in [-0.1, -0.05) is 447 Å². The van der Waals surface area contributed by atoms with Crippen molar-refractivity contribution >= 4 is 5.97 Å². The van der Waals surface area contributed by atoms with Crippen LogP contribution >= 0.6 is 0 Å². The molecule has 0 aliphatic carbocycles. The van der Waals surface area contributed by atoms with Gasteiger partial charge in [0.05, 0.1) is 12.0 Å². The Morgan fingerprint density at radius 3 is 0.398 bits per heavy atom. The summed E-state index contributed by atoms with van der Waals surface area (Å²) in [5.74, 6) is 0.107. The topological polar surface area (TPSA) is 26.3 Å². The maximum absolute atomic E-state index is 16.8. The van der Waals surface area contributed by atoms with E-state index in [9.17, 15) is 0 Å². The number of hydrogen-bond donors (Lipinski definition) is 0. The van der Waals surface area contributed by atoms with E-state index in [1.54, 1.807) is 0 Å². The molecule has 0 bridgehead atoms. The summed E-state index contributed by atoms with van der Waals surface area (Å²) in [5, 5.41) is 0. The SMILES string of the molecule is CCCC(CC)(CC)CC(CC(CC)(CC)CC)(CC(CC)(CC)CC)CC(CC(CC)(CC)CC)(CC(CC)(CC)CC)CC(CC(CC(CC)(CC)CC)(CC(CC)(CC)CC)CC(CC)(CC)CC)(CC(CC(CC)(CC)CC)(CC(CC)(CC)CC)CC(CC)(CC)CC)CC(C)(CC)C(=O)OCC. The van der Waals surface area contributed by atoms with E-state index in [2.05, 4.69) is 249 Å². The predicted molar refractivity (Wildman–Crippen MR) is 492 cm³/mol. The largest absolute Gasteiger partial charge is 0.466 e. The lowest BCUT2D eigenvalue weighted by atomic mass is 9.42. The minimum absolute atomic E-state index is 0.0188. The Labute approximate surface area is 686 Å². The van der Waals surface area contributed by atoms with E-state index in [1.165, 1.54) is 315 Å². The Morgan fingerprint density at radius 2 is 0.287 bits per heavy atom. The molecule has 0 aliphatic heterocycles. The van der Waals surface area contributed by atoms with Crippen LogP contribution < -0.4 is 0 Å². The monoisotopic (exact) mass is 1520 g/mol. The predicted octanol–water partition coefficient (Wildman–Crippen LogP) is 37.9. The number of hydrogen-bond acceptors (Lipinski definition) is 2. The van der Waals surface area contributed by atoms with Crippen molar-refractivity contribution in [2.45, 2.75) is 577 Å². The van der Waals surface area contributed by atoms with Gasteiger partial charge in [-0.25, -0.2) is 0 Å². The first-order valence-electron chi connectivity index (χ1n) is 50.0. The Kier molecular flexibility index (Phi) is 47.5. The van der Waals surface area contributed by atoms with E-state index in [0.717, 1.165) is 12.8 Å². The van der Waals surface area contributed by atoms with Gasteiger partial charge in [0.2, 0.25) is 0 Å². The lowest BCUT2D eigenvalue weighted by Gasteiger charge is -2.63. The zero-order valence-electron chi connectivity index (χ0n) is 82.6. The molecule has 0 rings (SSSR count). The number of ether oxygens (including phenoxy) is 1. The van der Waals surface area contributed by atoms with Gasteiger partial charge in [-0.05, 0) is 216 Å². The van der Waals surface area contributed by atoms with Crippen LogP contribution in [-0.2, 0) is 9.53 Å². The van der Waals surface area contributed by atoms with Crippen LogP contribution in [0.5, 0.6) is 0 Å². The van der Waals surface area contributed by atoms with Crippen LogP contribution in [0.4, 0.5) is 0 Å². The highest BCUT2D eigenvalue weighted by molar-refractivity contribution is 5.76. The molecule has 0 fully saturated rings. The second-order valence-electron chi connectivity index (χ2n) is 41.5. The minimum atomic E-state index is -0.701. The Morgan fingerprint density at radius 1 is 0.167 bits per heavy atom. The smallest absolute Gasteiger partial charge is 0.311 e. The molecule has 1 unspecified atom stereocenters. The van der Waals surface area contributed by atoms with Gasteiger partial charge in [-0.2, -0.15) is 0 Å². The molecule has 0 spiro atoms. The molecule has 0 saturated heterocycles. The van der Waals surface area contributed by atoms with Crippen molar-refractivity contribution in [1.82, 2.24) is 0 Å². The Bertz CT molecular complexity index is 1980. The van der Waals surface area contributed by atoms with Crippen LogP contribution in [-0.4, -0.2) is 12.6 Å². The van der Waals surface area contributed by atoms with E-state index in [-0.39, 0.29) is 92.6 Å². The molecule has 1 atom stereocenters. The van der Waals surface area contributed by atoms with Gasteiger partial charge in [0.1, 0.15) is 0 Å². The van der Waals surface area contributed by atoms with Crippen LogP contribution in [0.1, 0.15) is 577 Å². The average Bonchev–Trinajstić information content (AvgIpc) is 0.723. The van der Waals surface area contributed by atoms with Gasteiger partial charge in [0, 0.05) is 0 Å². The molecule has 0 saturated carbocycles. The molecule has 0 aromatic carbocycles. The molecular weight excluding hydrogens is 1310 g/mol. The molecule has 0 N–H and O–H groups in total. The third-order valence-electron chi connectivity index (χ3n) is 38.3. The van der Waals surface area contributed by atoms with Crippen LogP contribution in [0.25, 0.3) is 0 Å². The molecule has 0 heterocycles. The van der Waals surface area contributed by atoms with Crippen LogP contribution in [0, 0.1) is 92.1 Å². The van der Waals surface area contributed by atoms with Gasteiger partial charge in [0.25, 0.3) is 0 Å². The van der Waals surface area contributed by atoms with Crippen molar-refractivity contribution in [3.8, 4) is 0 Å². The summed E-state index contributed by atoms with van der Waals surface area (Å²) in [6.45, 7) is 95.1. The zero-order valence-corrected chi connectivity index (χ0v) is 82.6. The van der Waals surface area contributed by atoms with E-state index in [0.29, 0.717) is 6.61 Å². The third-order valence-corrected chi connectivity index (χ3v) is 38.3. The third kappa shape index (κ3) is 26.7. The van der Waals surface area contributed by atoms with Crippen LogP contribution in [0.15, 0.2) is 0 Å². The summed E-state index contributed by atoms with van der Waals surface area (Å²) in [7, 11) is 0. The Hall–Kier alpha value is -0.530. The van der Waals surface area contributed by atoms with Crippen molar-refractivity contribution in [3.63, 3.8) is 0 Å². The zero-order chi connectivity index (χ0) is 83.6. The maximum Gasteiger partial charge on any atom is 0.311 e. The van der Waals surface area contributed by atoms with Crippen molar-refractivity contribution in [2.24, 2.45) is 92.1 Å². The molecule has 0 aromatic rings. The first kappa shape index (κ1) is 107. The van der Waals surface area contributed by atoms with Gasteiger partial charge >= 0.3 is 5.97 Å². The first-order chi connectivity index (χ1) is 50.9. The maximum atomic E-state index is 16.8. The van der Waals surface area contributed by atoms with Crippen molar-refractivity contribution in [1.29, 1.82) is 0 Å². The molecule has 0 aliphatic rings. The standard InChI is InChI=1S/C106H212O2/c1-37-72-101(69-33,70-34)84-105(80-97(57-21,58-22)59-23,81-98(60-24,61-25)62-26)88-106(82-99(63-27,64-28)65-29,83-100(66-30,67-31)68-32)87-102(73-90(36,38-2)89(107)108-71-35,85-103(74-91(39-3,40-4)41-5,75-92(42-6,43-7)44-8)76-93(45-9,46-10)47-11)86-104(77-94(48-12,49-13)50-14,78-95(51-15,52-16)53-17)79-96(54-18,55-19)56-20/h37-88H2,1-36H3. The minimum Gasteiger partial charge on any atom is -0.466 e. The van der Waals surface area contributed by atoms with Gasteiger partial charge in [-0.15, -0.1) is 0 Å². The van der Waals surface area contributed by atoms with E-state index in [4.69, 9.17) is 4.74 Å². The van der Waals surface area contributed by atoms with Crippen LogP contribution in [0.3, 0.4) is 0 Å². The molecule has 2 heteroatoms. The van der Waals surface area contributed by atoms with E-state index < -0.39 is 5.41 Å². The second-order valence-corrected chi connectivity index (χ2v) is 41.5. The lowest BCUT2D eigenvalue weighted by molar-refractivity contribution is -0.163. The highest BCUT2D eigenvalue weighted by atomic mass is 16.5. The average molecular weight is 1520 g/mol. The molecule has 0 radical (unpaired) electrons. The molecule has 648 valence electrons. The number of carbonyl (C=O) groups is 1. The fourth-order valence-electron chi connectivity index (χ4n) is 28.0. The summed E-state index contributed by atoms with van der Waals surface area (Å²) >= 11 is 0. The van der Waals surface area contributed by atoms with Crippen LogP contribution in [0.2, 0.25) is 0 Å². The molecule has 0 aromatic heterocycles.